The van der Waals surface area contributed by atoms with E-state index in [-0.39, 0.29) is 23.0 Å². The molecule has 0 bridgehead atoms. The number of hydrogen-bond acceptors (Lipinski definition) is 4. The van der Waals surface area contributed by atoms with E-state index in [0.717, 1.165) is 11.3 Å². The molecule has 0 radical (unpaired) electrons. The fourth-order valence-corrected chi connectivity index (χ4v) is 3.80. The Morgan fingerprint density at radius 3 is 2.00 bits per heavy atom. The van der Waals surface area contributed by atoms with E-state index in [1.54, 1.807) is 6.92 Å². The van der Waals surface area contributed by atoms with Crippen molar-refractivity contribution in [2.45, 2.75) is 52.0 Å². The van der Waals surface area contributed by atoms with Crippen LogP contribution in [0, 0.1) is 5.92 Å². The minimum absolute atomic E-state index is 0.0310. The molecule has 0 aliphatic heterocycles. The van der Waals surface area contributed by atoms with Crippen LogP contribution in [0.3, 0.4) is 0 Å². The summed E-state index contributed by atoms with van der Waals surface area (Å²) in [6.45, 7) is 9.48. The Kier molecular flexibility index (Phi) is 6.23. The van der Waals surface area contributed by atoms with Gasteiger partial charge in [-0.1, -0.05) is 26.0 Å². The Morgan fingerprint density at radius 1 is 1.05 bits per heavy atom. The zero-order chi connectivity index (χ0) is 16.2. The standard InChI is InChI=1S/C16H27NO3S/c1-11(2)13(5)21(18,19)10-16(17)14-6-8-15(9-7-14)20-12(3)4/h6-9,11-13,16H,10,17H2,1-5H3. The number of hydrogen-bond donors (Lipinski definition) is 1. The summed E-state index contributed by atoms with van der Waals surface area (Å²) in [7, 11) is -3.19. The molecule has 1 aromatic rings. The lowest BCUT2D eigenvalue weighted by molar-refractivity contribution is 0.242. The largest absolute Gasteiger partial charge is 0.491 e. The fraction of sp³-hybridized carbons (Fsp3) is 0.625. The summed E-state index contributed by atoms with van der Waals surface area (Å²) in [5, 5.41) is -0.382. The number of nitrogens with two attached hydrogens (primary N) is 1. The summed E-state index contributed by atoms with van der Waals surface area (Å²) in [6, 6.07) is 6.81. The maximum absolute atomic E-state index is 12.3. The monoisotopic (exact) mass is 313 g/mol. The van der Waals surface area contributed by atoms with Crippen molar-refractivity contribution in [3.8, 4) is 5.75 Å². The molecule has 1 aromatic carbocycles. The molecule has 0 heterocycles. The van der Waals surface area contributed by atoms with Gasteiger partial charge in [-0.2, -0.15) is 0 Å². The Morgan fingerprint density at radius 2 is 1.57 bits per heavy atom. The number of ether oxygens (including phenoxy) is 1. The Hall–Kier alpha value is -1.07. The number of rotatable bonds is 7. The van der Waals surface area contributed by atoms with Crippen LogP contribution >= 0.6 is 0 Å². The van der Waals surface area contributed by atoms with Crippen molar-refractivity contribution in [3.05, 3.63) is 29.8 Å². The lowest BCUT2D eigenvalue weighted by atomic mass is 10.1. The molecule has 2 N–H and O–H groups in total. The van der Waals surface area contributed by atoms with Crippen LogP contribution in [0.2, 0.25) is 0 Å². The lowest BCUT2D eigenvalue weighted by Crippen LogP contribution is -2.31. The second-order valence-electron chi connectivity index (χ2n) is 6.12. The topological polar surface area (TPSA) is 69.4 Å². The van der Waals surface area contributed by atoms with E-state index >= 15 is 0 Å². The van der Waals surface area contributed by atoms with Crippen molar-refractivity contribution in [3.63, 3.8) is 0 Å². The van der Waals surface area contributed by atoms with Crippen LogP contribution in [0.15, 0.2) is 24.3 Å². The summed E-state index contributed by atoms with van der Waals surface area (Å²) in [5.74, 6) is 0.819. The first-order valence-electron chi connectivity index (χ1n) is 7.37. The van der Waals surface area contributed by atoms with Crippen molar-refractivity contribution in [2.75, 3.05) is 5.75 Å². The van der Waals surface area contributed by atoms with Crippen molar-refractivity contribution in [1.82, 2.24) is 0 Å². The minimum atomic E-state index is -3.19. The third-order valence-electron chi connectivity index (χ3n) is 3.60. The molecule has 1 rings (SSSR count). The van der Waals surface area contributed by atoms with Crippen molar-refractivity contribution < 1.29 is 13.2 Å². The van der Waals surface area contributed by atoms with Crippen LogP contribution in [0.5, 0.6) is 5.75 Å². The molecular formula is C16H27NO3S. The predicted octanol–water partition coefficient (Wildman–Crippen LogP) is 2.93. The van der Waals surface area contributed by atoms with E-state index in [2.05, 4.69) is 0 Å². The van der Waals surface area contributed by atoms with Gasteiger partial charge in [0.2, 0.25) is 0 Å². The van der Waals surface area contributed by atoms with E-state index in [1.807, 2.05) is 52.0 Å². The van der Waals surface area contributed by atoms with Crippen molar-refractivity contribution in [2.24, 2.45) is 11.7 Å². The summed E-state index contributed by atoms with van der Waals surface area (Å²) >= 11 is 0. The van der Waals surface area contributed by atoms with Gasteiger partial charge in [0, 0.05) is 6.04 Å². The van der Waals surface area contributed by atoms with E-state index in [4.69, 9.17) is 10.5 Å². The lowest BCUT2D eigenvalue weighted by Gasteiger charge is -2.20. The first-order valence-corrected chi connectivity index (χ1v) is 9.08. The molecular weight excluding hydrogens is 286 g/mol. The van der Waals surface area contributed by atoms with Gasteiger partial charge in [-0.25, -0.2) is 8.42 Å². The molecule has 0 aliphatic rings. The zero-order valence-corrected chi connectivity index (χ0v) is 14.4. The minimum Gasteiger partial charge on any atom is -0.491 e. The summed E-state index contributed by atoms with van der Waals surface area (Å²) in [4.78, 5) is 0. The van der Waals surface area contributed by atoms with Crippen molar-refractivity contribution in [1.29, 1.82) is 0 Å². The van der Waals surface area contributed by atoms with Gasteiger partial charge in [0.15, 0.2) is 9.84 Å². The number of benzene rings is 1. The van der Waals surface area contributed by atoms with Gasteiger partial charge in [-0.3, -0.25) is 0 Å². The molecule has 0 aromatic heterocycles. The van der Waals surface area contributed by atoms with Gasteiger partial charge in [0.05, 0.1) is 17.1 Å². The molecule has 0 fully saturated rings. The molecule has 4 nitrogen and oxygen atoms in total. The van der Waals surface area contributed by atoms with Crippen LogP contribution < -0.4 is 10.5 Å². The summed E-state index contributed by atoms with van der Waals surface area (Å²) in [5.41, 5.74) is 6.86. The quantitative estimate of drug-likeness (QED) is 0.840. The van der Waals surface area contributed by atoms with E-state index in [0.29, 0.717) is 0 Å². The maximum Gasteiger partial charge on any atom is 0.155 e. The Labute approximate surface area is 128 Å². The second kappa shape index (κ2) is 7.27. The molecule has 0 amide bonds. The first kappa shape index (κ1) is 18.0. The highest BCUT2D eigenvalue weighted by molar-refractivity contribution is 7.92. The van der Waals surface area contributed by atoms with Crippen LogP contribution in [0.25, 0.3) is 0 Å². The number of sulfone groups is 1. The highest BCUT2D eigenvalue weighted by Gasteiger charge is 2.26. The van der Waals surface area contributed by atoms with Crippen molar-refractivity contribution >= 4 is 9.84 Å². The Balaban J connectivity index is 2.78. The molecule has 2 atom stereocenters. The van der Waals surface area contributed by atoms with E-state index in [1.165, 1.54) is 0 Å². The Bertz CT molecular complexity index is 535. The first-order chi connectivity index (χ1) is 9.63. The molecule has 0 saturated carbocycles. The molecule has 120 valence electrons. The maximum atomic E-state index is 12.3. The van der Waals surface area contributed by atoms with Gasteiger partial charge in [-0.15, -0.1) is 0 Å². The van der Waals surface area contributed by atoms with Gasteiger partial charge in [-0.05, 0) is 44.4 Å². The molecule has 21 heavy (non-hydrogen) atoms. The zero-order valence-electron chi connectivity index (χ0n) is 13.5. The molecule has 0 spiro atoms. The van der Waals surface area contributed by atoms with E-state index < -0.39 is 15.9 Å². The second-order valence-corrected chi connectivity index (χ2v) is 8.52. The van der Waals surface area contributed by atoms with Gasteiger partial charge in [0.1, 0.15) is 5.75 Å². The SMILES string of the molecule is CC(C)Oc1ccc(C(N)CS(=O)(=O)C(C)C(C)C)cc1. The normalized spacial score (nSPS) is 15.2. The average molecular weight is 313 g/mol. The highest BCUT2D eigenvalue weighted by atomic mass is 32.2. The van der Waals surface area contributed by atoms with Gasteiger partial charge < -0.3 is 10.5 Å². The predicted molar refractivity (Wildman–Crippen MR) is 87.2 cm³/mol. The van der Waals surface area contributed by atoms with E-state index in [9.17, 15) is 8.42 Å². The van der Waals surface area contributed by atoms with Crippen LogP contribution in [-0.2, 0) is 9.84 Å². The smallest absolute Gasteiger partial charge is 0.155 e. The van der Waals surface area contributed by atoms with Crippen LogP contribution in [0.4, 0.5) is 0 Å². The molecule has 0 saturated heterocycles. The van der Waals surface area contributed by atoms with Gasteiger partial charge >= 0.3 is 0 Å². The summed E-state index contributed by atoms with van der Waals surface area (Å²) in [6.07, 6.45) is 0.108. The molecule has 0 aliphatic carbocycles. The fourth-order valence-electron chi connectivity index (χ4n) is 1.98. The average Bonchev–Trinajstić information content (AvgIpc) is 2.37. The van der Waals surface area contributed by atoms with Crippen LogP contribution in [0.1, 0.15) is 46.2 Å². The third-order valence-corrected chi connectivity index (χ3v) is 6.10. The van der Waals surface area contributed by atoms with Gasteiger partial charge in [0.25, 0.3) is 0 Å². The highest BCUT2D eigenvalue weighted by Crippen LogP contribution is 2.21. The van der Waals surface area contributed by atoms with Crippen LogP contribution in [-0.4, -0.2) is 25.5 Å². The molecule has 2 unspecified atom stereocenters. The third kappa shape index (κ3) is 5.32. The molecule has 5 heteroatoms. The summed E-state index contributed by atoms with van der Waals surface area (Å²) < 4.78 is 30.1.